The molecule has 34 heavy (non-hydrogen) atoms. The molecule has 0 saturated heterocycles. The van der Waals surface area contributed by atoms with Gasteiger partial charge in [-0.1, -0.05) is 121 Å². The average Bonchev–Trinajstić information content (AvgIpc) is 3.39. The molecule has 0 aliphatic heterocycles. The van der Waals surface area contributed by atoms with Crippen LogP contribution >= 0.6 is 14.3 Å². The zero-order chi connectivity index (χ0) is 23.4. The molecular formula is C30H30O2P2. The Hall–Kier alpha value is -2.66. The Kier molecular flexibility index (Phi) is 6.73. The van der Waals surface area contributed by atoms with Crippen LogP contribution < -0.4 is 21.2 Å². The van der Waals surface area contributed by atoms with E-state index in [1.165, 1.54) is 0 Å². The first-order chi connectivity index (χ1) is 16.6. The van der Waals surface area contributed by atoms with Crippen LogP contribution in [0, 0.1) is 5.92 Å². The van der Waals surface area contributed by atoms with Crippen molar-refractivity contribution in [1.82, 2.24) is 0 Å². The highest BCUT2D eigenvalue weighted by Crippen LogP contribution is 2.58. The lowest BCUT2D eigenvalue weighted by atomic mass is 10.1. The predicted molar refractivity (Wildman–Crippen MR) is 146 cm³/mol. The van der Waals surface area contributed by atoms with Crippen LogP contribution in [0.4, 0.5) is 0 Å². The van der Waals surface area contributed by atoms with Crippen LogP contribution in [0.1, 0.15) is 19.3 Å². The smallest absolute Gasteiger partial charge is 0.146 e. The van der Waals surface area contributed by atoms with Gasteiger partial charge in [-0.2, -0.15) is 0 Å². The summed E-state index contributed by atoms with van der Waals surface area (Å²) in [4.78, 5) is 0. The van der Waals surface area contributed by atoms with Crippen LogP contribution in [0.25, 0.3) is 0 Å². The zero-order valence-electron chi connectivity index (χ0n) is 19.2. The Bertz CT molecular complexity index is 1220. The first kappa shape index (κ1) is 23.1. The zero-order valence-corrected chi connectivity index (χ0v) is 21.0. The van der Waals surface area contributed by atoms with Crippen molar-refractivity contribution in [3.05, 3.63) is 121 Å². The molecule has 1 saturated carbocycles. The standard InChI is InChI=1S/C30H30O2P2/c31-33(26-13-5-1-6-14-26,27-15-7-2-8-16-27)24-25-21-22-30(23-25)34(32,28-17-9-3-10-18-28)29-19-11-4-12-20-29/h1-20,25,30H,21-24H2/t25-,30+/m0/s1. The summed E-state index contributed by atoms with van der Waals surface area (Å²) in [6, 6.07) is 39.8. The molecule has 0 aromatic heterocycles. The molecule has 1 aliphatic rings. The lowest BCUT2D eigenvalue weighted by Gasteiger charge is -2.27. The number of rotatable bonds is 7. The lowest BCUT2D eigenvalue weighted by Crippen LogP contribution is -2.25. The van der Waals surface area contributed by atoms with E-state index in [1.54, 1.807) is 0 Å². The Morgan fingerprint density at radius 2 is 0.912 bits per heavy atom. The van der Waals surface area contributed by atoms with Gasteiger partial charge in [0.05, 0.1) is 0 Å². The number of benzene rings is 4. The largest absolute Gasteiger partial charge is 0.314 e. The van der Waals surface area contributed by atoms with Crippen molar-refractivity contribution < 1.29 is 9.13 Å². The van der Waals surface area contributed by atoms with Crippen LogP contribution in [0.15, 0.2) is 121 Å². The maximum Gasteiger partial charge on any atom is 0.146 e. The van der Waals surface area contributed by atoms with Crippen LogP contribution in [0.3, 0.4) is 0 Å². The monoisotopic (exact) mass is 484 g/mol. The highest BCUT2D eigenvalue weighted by atomic mass is 31.2. The summed E-state index contributed by atoms with van der Waals surface area (Å²) in [6.45, 7) is 0. The normalized spacial score (nSPS) is 18.6. The highest BCUT2D eigenvalue weighted by Gasteiger charge is 2.43. The van der Waals surface area contributed by atoms with Gasteiger partial charge in [-0.3, -0.25) is 0 Å². The summed E-state index contributed by atoms with van der Waals surface area (Å²) in [6.07, 6.45) is 3.32. The molecule has 0 radical (unpaired) electrons. The fraction of sp³-hybridized carbons (Fsp3) is 0.200. The fourth-order valence-corrected chi connectivity index (χ4v) is 12.0. The number of hydrogen-bond acceptors (Lipinski definition) is 2. The second-order valence-corrected chi connectivity index (χ2v) is 15.2. The molecule has 1 aliphatic carbocycles. The van der Waals surface area contributed by atoms with Gasteiger partial charge in [0.25, 0.3) is 0 Å². The third-order valence-electron chi connectivity index (χ3n) is 7.17. The van der Waals surface area contributed by atoms with Crippen molar-refractivity contribution in [3.8, 4) is 0 Å². The summed E-state index contributed by atoms with van der Waals surface area (Å²) in [5.74, 6) is 0.275. The summed E-state index contributed by atoms with van der Waals surface area (Å²) in [5, 5.41) is 3.69. The van der Waals surface area contributed by atoms with E-state index >= 15 is 0 Å². The van der Waals surface area contributed by atoms with Crippen molar-refractivity contribution in [3.63, 3.8) is 0 Å². The summed E-state index contributed by atoms with van der Waals surface area (Å²) in [5.41, 5.74) is 0.0716. The lowest BCUT2D eigenvalue weighted by molar-refractivity contribution is 0.557. The van der Waals surface area contributed by atoms with Crippen molar-refractivity contribution >= 4 is 35.5 Å². The van der Waals surface area contributed by atoms with Crippen LogP contribution in [0.5, 0.6) is 0 Å². The van der Waals surface area contributed by atoms with Gasteiger partial charge in [-0.25, -0.2) is 0 Å². The molecule has 5 rings (SSSR count). The predicted octanol–water partition coefficient (Wildman–Crippen LogP) is 6.18. The first-order valence-corrected chi connectivity index (χ1v) is 15.7. The molecule has 0 heterocycles. The Morgan fingerprint density at radius 1 is 0.529 bits per heavy atom. The molecule has 1 fully saturated rings. The Labute approximate surface area is 202 Å². The van der Waals surface area contributed by atoms with Gasteiger partial charge in [-0.05, 0) is 25.2 Å². The molecule has 0 spiro atoms. The molecule has 0 bridgehead atoms. The summed E-state index contributed by atoms with van der Waals surface area (Å²) in [7, 11) is -5.59. The van der Waals surface area contributed by atoms with Crippen molar-refractivity contribution in [1.29, 1.82) is 0 Å². The van der Waals surface area contributed by atoms with Gasteiger partial charge in [-0.15, -0.1) is 0 Å². The molecule has 4 aromatic carbocycles. The van der Waals surface area contributed by atoms with Crippen molar-refractivity contribution in [2.24, 2.45) is 5.92 Å². The molecule has 0 N–H and O–H groups in total. The van der Waals surface area contributed by atoms with E-state index in [2.05, 4.69) is 0 Å². The second kappa shape index (κ2) is 9.91. The highest BCUT2D eigenvalue weighted by molar-refractivity contribution is 7.79. The minimum atomic E-state index is -2.81. The number of hydrogen-bond donors (Lipinski definition) is 0. The van der Waals surface area contributed by atoms with E-state index < -0.39 is 14.3 Å². The fourth-order valence-electron chi connectivity index (χ4n) is 5.48. The van der Waals surface area contributed by atoms with E-state index in [9.17, 15) is 9.13 Å². The van der Waals surface area contributed by atoms with E-state index in [4.69, 9.17) is 0 Å². The molecule has 0 unspecified atom stereocenters. The van der Waals surface area contributed by atoms with Gasteiger partial charge in [0.15, 0.2) is 0 Å². The molecule has 2 nitrogen and oxygen atoms in total. The summed E-state index contributed by atoms with van der Waals surface area (Å²) >= 11 is 0. The van der Waals surface area contributed by atoms with Gasteiger partial charge in [0, 0.05) is 33.0 Å². The second-order valence-electron chi connectivity index (χ2n) is 9.26. The van der Waals surface area contributed by atoms with Crippen LogP contribution in [-0.4, -0.2) is 11.8 Å². The molecular weight excluding hydrogens is 454 g/mol. The molecule has 172 valence electrons. The third kappa shape index (κ3) is 4.38. The van der Waals surface area contributed by atoms with Gasteiger partial charge >= 0.3 is 0 Å². The third-order valence-corrected chi connectivity index (χ3v) is 14.1. The first-order valence-electron chi connectivity index (χ1n) is 12.0. The Morgan fingerprint density at radius 3 is 1.32 bits per heavy atom. The van der Waals surface area contributed by atoms with Crippen LogP contribution in [-0.2, 0) is 9.13 Å². The average molecular weight is 485 g/mol. The summed E-state index contributed by atoms with van der Waals surface area (Å²) < 4.78 is 29.4. The maximum absolute atomic E-state index is 14.8. The molecule has 2 atom stereocenters. The van der Waals surface area contributed by atoms with Crippen molar-refractivity contribution in [2.45, 2.75) is 24.9 Å². The van der Waals surface area contributed by atoms with Crippen molar-refractivity contribution in [2.75, 3.05) is 6.16 Å². The van der Waals surface area contributed by atoms with Gasteiger partial charge in [0.1, 0.15) is 14.3 Å². The van der Waals surface area contributed by atoms with E-state index in [1.807, 2.05) is 121 Å². The minimum Gasteiger partial charge on any atom is -0.314 e. The molecule has 4 aromatic rings. The molecule has 4 heteroatoms. The minimum absolute atomic E-state index is 0.0716. The SMILES string of the molecule is O=P(C[C@H]1CC[C@@H](P(=O)(c2ccccc2)c2ccccc2)C1)(c1ccccc1)c1ccccc1. The quantitative estimate of drug-likeness (QED) is 0.294. The van der Waals surface area contributed by atoms with Gasteiger partial charge < -0.3 is 9.13 Å². The topological polar surface area (TPSA) is 34.1 Å². The van der Waals surface area contributed by atoms with Crippen LogP contribution in [0.2, 0.25) is 0 Å². The van der Waals surface area contributed by atoms with E-state index in [0.717, 1.165) is 40.5 Å². The van der Waals surface area contributed by atoms with E-state index in [-0.39, 0.29) is 11.6 Å². The van der Waals surface area contributed by atoms with E-state index in [0.29, 0.717) is 6.16 Å². The molecule has 0 amide bonds. The van der Waals surface area contributed by atoms with Gasteiger partial charge in [0.2, 0.25) is 0 Å². The Balaban J connectivity index is 1.48. The maximum atomic E-state index is 14.8.